The lowest BCUT2D eigenvalue weighted by Gasteiger charge is -2.16. The number of carbonyl (C=O) groups is 2. The van der Waals surface area contributed by atoms with Crippen molar-refractivity contribution in [1.29, 1.82) is 0 Å². The third-order valence-corrected chi connectivity index (χ3v) is 2.62. The molecule has 1 aliphatic rings. The number of likely N-dealkylation sites (tertiary alicyclic amines) is 1. The van der Waals surface area contributed by atoms with Crippen molar-refractivity contribution >= 4 is 11.9 Å². The highest BCUT2D eigenvalue weighted by Crippen LogP contribution is 2.24. The van der Waals surface area contributed by atoms with Gasteiger partial charge in [0.05, 0.1) is 13.2 Å². The van der Waals surface area contributed by atoms with Crippen molar-refractivity contribution in [1.82, 2.24) is 4.90 Å². The molecular formula is C12H19NO4. The molecular weight excluding hydrogens is 222 g/mol. The van der Waals surface area contributed by atoms with Gasteiger partial charge < -0.3 is 14.4 Å². The third-order valence-electron chi connectivity index (χ3n) is 2.62. The molecule has 5 nitrogen and oxygen atoms in total. The summed E-state index contributed by atoms with van der Waals surface area (Å²) in [5, 5.41) is 0. The standard InChI is InChI=1S/C12H19NO4/c1-4-16-11(14)10(12(15)17-5-2)9-7-6-8-13(9)3/h4-8H2,1-3H3. The summed E-state index contributed by atoms with van der Waals surface area (Å²) in [6.45, 7) is 4.77. The zero-order chi connectivity index (χ0) is 12.8. The van der Waals surface area contributed by atoms with Gasteiger partial charge in [-0.1, -0.05) is 0 Å². The molecule has 0 radical (unpaired) electrons. The summed E-state index contributed by atoms with van der Waals surface area (Å²) in [5.41, 5.74) is 0.774. The van der Waals surface area contributed by atoms with Gasteiger partial charge in [-0.3, -0.25) is 0 Å². The molecule has 0 aliphatic carbocycles. The van der Waals surface area contributed by atoms with Crippen LogP contribution in [0.15, 0.2) is 11.3 Å². The van der Waals surface area contributed by atoms with E-state index in [1.807, 2.05) is 11.9 Å². The van der Waals surface area contributed by atoms with E-state index in [1.54, 1.807) is 13.8 Å². The first-order chi connectivity index (χ1) is 8.11. The van der Waals surface area contributed by atoms with Crippen molar-refractivity contribution in [2.24, 2.45) is 0 Å². The summed E-state index contributed by atoms with van der Waals surface area (Å²) in [4.78, 5) is 25.5. The first kappa shape index (κ1) is 13.5. The molecule has 0 amide bonds. The Bertz CT molecular complexity index is 315. The summed E-state index contributed by atoms with van der Waals surface area (Å²) < 4.78 is 9.82. The van der Waals surface area contributed by atoms with E-state index >= 15 is 0 Å². The van der Waals surface area contributed by atoms with Crippen LogP contribution in [0, 0.1) is 0 Å². The second kappa shape index (κ2) is 6.27. The fourth-order valence-electron chi connectivity index (χ4n) is 1.85. The summed E-state index contributed by atoms with van der Waals surface area (Å²) >= 11 is 0. The Morgan fingerprint density at radius 2 is 1.71 bits per heavy atom. The first-order valence-electron chi connectivity index (χ1n) is 5.90. The Morgan fingerprint density at radius 1 is 1.18 bits per heavy atom. The van der Waals surface area contributed by atoms with Gasteiger partial charge in [-0.25, -0.2) is 9.59 Å². The number of carbonyl (C=O) groups excluding carboxylic acids is 2. The molecule has 1 rings (SSSR count). The normalized spacial score (nSPS) is 14.8. The molecule has 1 aliphatic heterocycles. The molecule has 0 aromatic rings. The van der Waals surface area contributed by atoms with Crippen LogP contribution in [-0.4, -0.2) is 43.6 Å². The van der Waals surface area contributed by atoms with E-state index in [0.29, 0.717) is 6.42 Å². The average Bonchev–Trinajstić information content (AvgIpc) is 2.66. The summed E-state index contributed by atoms with van der Waals surface area (Å²) in [6.07, 6.45) is 1.65. The maximum atomic E-state index is 11.8. The quantitative estimate of drug-likeness (QED) is 0.319. The average molecular weight is 241 g/mol. The SMILES string of the molecule is CCOC(=O)C(C(=O)OCC)=C1CCCN1C. The Labute approximate surface area is 101 Å². The minimum Gasteiger partial charge on any atom is -0.462 e. The number of hydrogen-bond donors (Lipinski definition) is 0. The number of rotatable bonds is 4. The van der Waals surface area contributed by atoms with E-state index in [0.717, 1.165) is 18.7 Å². The van der Waals surface area contributed by atoms with Gasteiger partial charge in [-0.05, 0) is 26.7 Å². The monoisotopic (exact) mass is 241 g/mol. The van der Waals surface area contributed by atoms with Crippen molar-refractivity contribution in [3.63, 3.8) is 0 Å². The molecule has 1 fully saturated rings. The Balaban J connectivity index is 3.01. The molecule has 0 aromatic heterocycles. The minimum absolute atomic E-state index is 0.0497. The van der Waals surface area contributed by atoms with E-state index in [-0.39, 0.29) is 18.8 Å². The topological polar surface area (TPSA) is 55.8 Å². The molecule has 96 valence electrons. The van der Waals surface area contributed by atoms with Crippen LogP contribution in [0.3, 0.4) is 0 Å². The summed E-state index contributed by atoms with van der Waals surface area (Å²) in [6, 6.07) is 0. The number of ether oxygens (including phenoxy) is 2. The van der Waals surface area contributed by atoms with E-state index in [4.69, 9.17) is 9.47 Å². The maximum Gasteiger partial charge on any atom is 0.347 e. The van der Waals surface area contributed by atoms with Crippen molar-refractivity contribution in [3.8, 4) is 0 Å². The third kappa shape index (κ3) is 3.22. The van der Waals surface area contributed by atoms with Crippen molar-refractivity contribution in [3.05, 3.63) is 11.3 Å². The van der Waals surface area contributed by atoms with Gasteiger partial charge in [0.2, 0.25) is 0 Å². The van der Waals surface area contributed by atoms with Gasteiger partial charge in [0.25, 0.3) is 0 Å². The van der Waals surface area contributed by atoms with Crippen LogP contribution < -0.4 is 0 Å². The fourth-order valence-corrected chi connectivity index (χ4v) is 1.85. The highest BCUT2D eigenvalue weighted by atomic mass is 16.6. The molecule has 0 aromatic carbocycles. The highest BCUT2D eigenvalue weighted by Gasteiger charge is 2.29. The Hall–Kier alpha value is -1.52. The molecule has 5 heteroatoms. The van der Waals surface area contributed by atoms with Gasteiger partial charge in [-0.15, -0.1) is 0 Å². The molecule has 1 heterocycles. The molecule has 0 unspecified atom stereocenters. The predicted octanol–water partition coefficient (Wildman–Crippen LogP) is 1.09. The smallest absolute Gasteiger partial charge is 0.347 e. The zero-order valence-corrected chi connectivity index (χ0v) is 10.6. The van der Waals surface area contributed by atoms with Crippen LogP contribution in [0.4, 0.5) is 0 Å². The minimum atomic E-state index is -0.588. The first-order valence-corrected chi connectivity index (χ1v) is 5.90. The summed E-state index contributed by atoms with van der Waals surface area (Å²) in [5.74, 6) is -1.18. The van der Waals surface area contributed by atoms with Crippen molar-refractivity contribution in [2.45, 2.75) is 26.7 Å². The molecule has 17 heavy (non-hydrogen) atoms. The highest BCUT2D eigenvalue weighted by molar-refractivity contribution is 6.14. The Morgan fingerprint density at radius 3 is 2.06 bits per heavy atom. The van der Waals surface area contributed by atoms with Crippen LogP contribution in [0.25, 0.3) is 0 Å². The van der Waals surface area contributed by atoms with Gasteiger partial charge in [-0.2, -0.15) is 0 Å². The lowest BCUT2D eigenvalue weighted by molar-refractivity contribution is -0.146. The lowest BCUT2D eigenvalue weighted by Crippen LogP contribution is -2.24. The van der Waals surface area contributed by atoms with Gasteiger partial charge >= 0.3 is 11.9 Å². The second-order valence-electron chi connectivity index (χ2n) is 3.79. The molecule has 0 saturated carbocycles. The predicted molar refractivity (Wildman–Crippen MR) is 62.2 cm³/mol. The largest absolute Gasteiger partial charge is 0.462 e. The zero-order valence-electron chi connectivity index (χ0n) is 10.6. The van der Waals surface area contributed by atoms with Gasteiger partial charge in [0, 0.05) is 19.3 Å². The lowest BCUT2D eigenvalue weighted by atomic mass is 10.1. The number of esters is 2. The van der Waals surface area contributed by atoms with Gasteiger partial charge in [0.1, 0.15) is 0 Å². The van der Waals surface area contributed by atoms with Crippen LogP contribution in [-0.2, 0) is 19.1 Å². The molecule has 0 N–H and O–H groups in total. The number of nitrogens with zero attached hydrogens (tertiary/aromatic N) is 1. The van der Waals surface area contributed by atoms with E-state index in [1.165, 1.54) is 0 Å². The van der Waals surface area contributed by atoms with Crippen molar-refractivity contribution in [2.75, 3.05) is 26.8 Å². The number of hydrogen-bond acceptors (Lipinski definition) is 5. The van der Waals surface area contributed by atoms with Crippen molar-refractivity contribution < 1.29 is 19.1 Å². The molecule has 0 atom stereocenters. The maximum absolute atomic E-state index is 11.8. The number of allylic oxidation sites excluding steroid dienone is 1. The van der Waals surface area contributed by atoms with Crippen LogP contribution in [0.5, 0.6) is 0 Å². The van der Waals surface area contributed by atoms with E-state index in [2.05, 4.69) is 0 Å². The molecule has 0 spiro atoms. The van der Waals surface area contributed by atoms with E-state index in [9.17, 15) is 9.59 Å². The van der Waals surface area contributed by atoms with Crippen LogP contribution in [0.1, 0.15) is 26.7 Å². The van der Waals surface area contributed by atoms with Crippen LogP contribution >= 0.6 is 0 Å². The van der Waals surface area contributed by atoms with E-state index < -0.39 is 11.9 Å². The Kier molecular flexibility index (Phi) is 5.00. The van der Waals surface area contributed by atoms with Gasteiger partial charge in [0.15, 0.2) is 5.57 Å². The molecule has 1 saturated heterocycles. The summed E-state index contributed by atoms with van der Waals surface area (Å²) in [7, 11) is 1.86. The second-order valence-corrected chi connectivity index (χ2v) is 3.79. The molecule has 0 bridgehead atoms. The fraction of sp³-hybridized carbons (Fsp3) is 0.667. The van der Waals surface area contributed by atoms with Crippen LogP contribution in [0.2, 0.25) is 0 Å².